The molecule has 0 saturated heterocycles. The van der Waals surface area contributed by atoms with E-state index in [0.717, 1.165) is 5.56 Å². The van der Waals surface area contributed by atoms with Gasteiger partial charge in [-0.1, -0.05) is 23.7 Å². The number of halogens is 2. The van der Waals surface area contributed by atoms with Crippen molar-refractivity contribution in [1.82, 2.24) is 5.43 Å². The molecule has 0 aliphatic heterocycles. The molecule has 0 aliphatic rings. The van der Waals surface area contributed by atoms with Gasteiger partial charge in [0.05, 0.1) is 6.04 Å². The van der Waals surface area contributed by atoms with Crippen LogP contribution >= 0.6 is 23.2 Å². The zero-order valence-electron chi connectivity index (χ0n) is 8.99. The van der Waals surface area contributed by atoms with Gasteiger partial charge in [-0.05, 0) is 47.9 Å². The Morgan fingerprint density at radius 3 is 2.65 bits per heavy atom. The van der Waals surface area contributed by atoms with Gasteiger partial charge in [0.1, 0.15) is 5.76 Å². The lowest BCUT2D eigenvalue weighted by molar-refractivity contribution is 0.417. The van der Waals surface area contributed by atoms with Gasteiger partial charge in [-0.3, -0.25) is 5.84 Å². The molecule has 0 saturated carbocycles. The average Bonchev–Trinajstić information content (AvgIpc) is 2.73. The maximum absolute atomic E-state index is 5.93. The smallest absolute Gasteiger partial charge is 0.193 e. The van der Waals surface area contributed by atoms with E-state index >= 15 is 0 Å². The second-order valence-electron chi connectivity index (χ2n) is 3.70. The Morgan fingerprint density at radius 2 is 2.06 bits per heavy atom. The van der Waals surface area contributed by atoms with Crippen LogP contribution in [0.25, 0.3) is 0 Å². The van der Waals surface area contributed by atoms with E-state index in [-0.39, 0.29) is 6.04 Å². The summed E-state index contributed by atoms with van der Waals surface area (Å²) in [5.74, 6) is 6.22. The molecule has 0 amide bonds. The Bertz CT molecular complexity index is 499. The highest BCUT2D eigenvalue weighted by Gasteiger charge is 2.14. The lowest BCUT2D eigenvalue weighted by Gasteiger charge is -2.13. The van der Waals surface area contributed by atoms with Gasteiger partial charge in [0.2, 0.25) is 0 Å². The predicted molar refractivity (Wildman–Crippen MR) is 68.9 cm³/mol. The number of hydrogen-bond donors (Lipinski definition) is 2. The first-order valence-corrected chi connectivity index (χ1v) is 5.90. The van der Waals surface area contributed by atoms with Crippen LogP contribution in [0.4, 0.5) is 0 Å². The molecule has 1 atom stereocenters. The third kappa shape index (κ3) is 3.23. The van der Waals surface area contributed by atoms with Gasteiger partial charge in [-0.2, -0.15) is 0 Å². The van der Waals surface area contributed by atoms with Crippen LogP contribution in [0, 0.1) is 0 Å². The number of hydrogen-bond acceptors (Lipinski definition) is 3. The van der Waals surface area contributed by atoms with Crippen LogP contribution in [0.15, 0.2) is 40.8 Å². The van der Waals surface area contributed by atoms with Crippen molar-refractivity contribution < 1.29 is 4.42 Å². The second-order valence-corrected chi connectivity index (χ2v) is 4.50. The summed E-state index contributed by atoms with van der Waals surface area (Å²) in [6.45, 7) is 0. The normalized spacial score (nSPS) is 12.6. The molecular formula is C12H12Cl2N2O. The predicted octanol–water partition coefficient (Wildman–Crippen LogP) is 3.33. The van der Waals surface area contributed by atoms with Crippen molar-refractivity contribution in [3.8, 4) is 0 Å². The Balaban J connectivity index is 2.15. The maximum Gasteiger partial charge on any atom is 0.193 e. The number of furan rings is 1. The molecule has 0 radical (unpaired) electrons. The molecule has 3 N–H and O–H groups in total. The highest BCUT2D eigenvalue weighted by molar-refractivity contribution is 6.30. The fourth-order valence-electron chi connectivity index (χ4n) is 1.66. The standard InChI is InChI=1S/C12H12Cl2N2O/c13-9-3-1-2-8(6-9)7-10(16-15)11-4-5-12(14)17-11/h1-6,10,16H,7,15H2. The van der Waals surface area contributed by atoms with Crippen LogP contribution in [0.1, 0.15) is 17.4 Å². The molecule has 1 aromatic carbocycles. The minimum Gasteiger partial charge on any atom is -0.448 e. The number of rotatable bonds is 4. The molecule has 1 aromatic heterocycles. The van der Waals surface area contributed by atoms with Gasteiger partial charge in [-0.25, -0.2) is 5.43 Å². The Labute approximate surface area is 109 Å². The summed E-state index contributed by atoms with van der Waals surface area (Å²) >= 11 is 11.7. The molecule has 90 valence electrons. The van der Waals surface area contributed by atoms with Crippen LogP contribution in [0.3, 0.4) is 0 Å². The van der Waals surface area contributed by atoms with E-state index in [2.05, 4.69) is 5.43 Å². The Hall–Kier alpha value is -1.00. The van der Waals surface area contributed by atoms with Crippen LogP contribution < -0.4 is 11.3 Å². The van der Waals surface area contributed by atoms with Crippen LogP contribution in [0.2, 0.25) is 10.2 Å². The second kappa shape index (κ2) is 5.56. The van der Waals surface area contributed by atoms with Crippen LogP contribution in [0.5, 0.6) is 0 Å². The van der Waals surface area contributed by atoms with Gasteiger partial charge in [0.15, 0.2) is 5.22 Å². The monoisotopic (exact) mass is 270 g/mol. The maximum atomic E-state index is 5.93. The summed E-state index contributed by atoms with van der Waals surface area (Å²) in [6, 6.07) is 11.0. The minimum atomic E-state index is -0.124. The number of benzene rings is 1. The van der Waals surface area contributed by atoms with Crippen molar-refractivity contribution in [2.24, 2.45) is 5.84 Å². The number of nitrogens with two attached hydrogens (primary N) is 1. The summed E-state index contributed by atoms with van der Waals surface area (Å²) in [5.41, 5.74) is 3.78. The van der Waals surface area contributed by atoms with E-state index in [9.17, 15) is 0 Å². The molecular weight excluding hydrogens is 259 g/mol. The Morgan fingerprint density at radius 1 is 1.24 bits per heavy atom. The molecule has 0 fully saturated rings. The fourth-order valence-corrected chi connectivity index (χ4v) is 2.02. The van der Waals surface area contributed by atoms with E-state index in [1.54, 1.807) is 12.1 Å². The van der Waals surface area contributed by atoms with Crippen LogP contribution in [-0.2, 0) is 6.42 Å². The third-order valence-corrected chi connectivity index (χ3v) is 2.91. The molecule has 1 heterocycles. The first kappa shape index (κ1) is 12.5. The van der Waals surface area contributed by atoms with Crippen LogP contribution in [-0.4, -0.2) is 0 Å². The largest absolute Gasteiger partial charge is 0.448 e. The number of hydrazine groups is 1. The zero-order valence-corrected chi connectivity index (χ0v) is 10.5. The van der Waals surface area contributed by atoms with E-state index in [0.29, 0.717) is 22.4 Å². The van der Waals surface area contributed by atoms with Gasteiger partial charge < -0.3 is 4.42 Å². The molecule has 2 aromatic rings. The highest BCUT2D eigenvalue weighted by atomic mass is 35.5. The SMILES string of the molecule is NNC(Cc1cccc(Cl)c1)c1ccc(Cl)o1. The molecule has 17 heavy (non-hydrogen) atoms. The molecule has 0 bridgehead atoms. The summed E-state index contributed by atoms with van der Waals surface area (Å²) in [6.07, 6.45) is 0.681. The molecule has 3 nitrogen and oxygen atoms in total. The summed E-state index contributed by atoms with van der Waals surface area (Å²) < 4.78 is 5.33. The van der Waals surface area contributed by atoms with Crippen molar-refractivity contribution in [2.75, 3.05) is 0 Å². The first-order valence-electron chi connectivity index (χ1n) is 5.15. The quantitative estimate of drug-likeness (QED) is 0.662. The van der Waals surface area contributed by atoms with Crippen molar-refractivity contribution in [3.63, 3.8) is 0 Å². The lowest BCUT2D eigenvalue weighted by Crippen LogP contribution is -2.29. The first-order chi connectivity index (χ1) is 8.19. The summed E-state index contributed by atoms with van der Waals surface area (Å²) in [7, 11) is 0. The Kier molecular flexibility index (Phi) is 4.07. The van der Waals surface area contributed by atoms with Crippen molar-refractivity contribution >= 4 is 23.2 Å². The molecule has 1 unspecified atom stereocenters. The third-order valence-electron chi connectivity index (χ3n) is 2.47. The lowest BCUT2D eigenvalue weighted by atomic mass is 10.0. The van der Waals surface area contributed by atoms with E-state index in [1.807, 2.05) is 24.3 Å². The van der Waals surface area contributed by atoms with Gasteiger partial charge in [0, 0.05) is 5.02 Å². The van der Waals surface area contributed by atoms with E-state index in [4.69, 9.17) is 33.5 Å². The van der Waals surface area contributed by atoms with Gasteiger partial charge >= 0.3 is 0 Å². The molecule has 5 heteroatoms. The zero-order chi connectivity index (χ0) is 12.3. The number of nitrogens with one attached hydrogen (secondary N) is 1. The topological polar surface area (TPSA) is 51.2 Å². The minimum absolute atomic E-state index is 0.124. The highest BCUT2D eigenvalue weighted by Crippen LogP contribution is 2.23. The van der Waals surface area contributed by atoms with Crippen molar-refractivity contribution in [3.05, 3.63) is 58.0 Å². The van der Waals surface area contributed by atoms with E-state index < -0.39 is 0 Å². The van der Waals surface area contributed by atoms with E-state index in [1.165, 1.54) is 0 Å². The molecule has 0 spiro atoms. The van der Waals surface area contributed by atoms with Gasteiger partial charge in [0.25, 0.3) is 0 Å². The average molecular weight is 271 g/mol. The van der Waals surface area contributed by atoms with Gasteiger partial charge in [-0.15, -0.1) is 0 Å². The fraction of sp³-hybridized carbons (Fsp3) is 0.167. The molecule has 2 rings (SSSR count). The summed E-state index contributed by atoms with van der Waals surface area (Å²) in [4.78, 5) is 0. The summed E-state index contributed by atoms with van der Waals surface area (Å²) in [5, 5.41) is 1.06. The molecule has 0 aliphatic carbocycles. The van der Waals surface area contributed by atoms with Crippen molar-refractivity contribution in [1.29, 1.82) is 0 Å². The van der Waals surface area contributed by atoms with Crippen molar-refractivity contribution in [2.45, 2.75) is 12.5 Å².